The number of rotatable bonds is 11. The molecule has 210 valence electrons. The van der Waals surface area contributed by atoms with Gasteiger partial charge in [-0.2, -0.15) is 13.2 Å². The Labute approximate surface area is 235 Å². The van der Waals surface area contributed by atoms with E-state index < -0.39 is 70.2 Å². The van der Waals surface area contributed by atoms with Gasteiger partial charge in [0, 0.05) is 15.9 Å². The summed E-state index contributed by atoms with van der Waals surface area (Å²) in [5.74, 6) is -3.87. The van der Waals surface area contributed by atoms with Gasteiger partial charge >= 0.3 is 17.4 Å². The number of alkyl halides is 3. The Bertz CT molecular complexity index is 1240. The predicted octanol–water partition coefficient (Wildman–Crippen LogP) is 1.94. The lowest BCUT2D eigenvalue weighted by Crippen LogP contribution is -2.71. The van der Waals surface area contributed by atoms with Gasteiger partial charge < -0.3 is 14.8 Å². The van der Waals surface area contributed by atoms with Crippen LogP contribution in [0.25, 0.3) is 0 Å². The molecule has 0 saturated carbocycles. The number of thioether (sulfide) groups is 3. The number of esters is 2. The number of carbonyl (C=O) groups is 4. The van der Waals surface area contributed by atoms with Crippen molar-refractivity contribution in [3.8, 4) is 0 Å². The number of aromatic amines is 1. The predicted molar refractivity (Wildman–Crippen MR) is 135 cm³/mol. The second-order valence-electron chi connectivity index (χ2n) is 7.85. The first-order valence-electron chi connectivity index (χ1n) is 11.0. The number of H-pyrrole nitrogens is 1. The van der Waals surface area contributed by atoms with E-state index in [2.05, 4.69) is 25.9 Å². The monoisotopic (exact) mass is 624 g/mol. The number of amides is 2. The molecule has 2 amide bonds. The Morgan fingerprint density at radius 2 is 2.13 bits per heavy atom. The second-order valence-corrected chi connectivity index (χ2v) is 12.4. The molecule has 0 radical (unpaired) electrons. The van der Waals surface area contributed by atoms with Crippen molar-refractivity contribution in [3.05, 3.63) is 33.7 Å². The summed E-state index contributed by atoms with van der Waals surface area (Å²) >= 11 is 3.26. The molecular weight excluding hydrogens is 606 g/mol. The normalized spacial score (nSPS) is 19.7. The van der Waals surface area contributed by atoms with Gasteiger partial charge in [0.05, 0.1) is 12.2 Å². The van der Waals surface area contributed by atoms with E-state index in [0.717, 1.165) is 9.78 Å². The summed E-state index contributed by atoms with van der Waals surface area (Å²) in [4.78, 5) is 52.1. The molecule has 0 spiro atoms. The molecule has 2 unspecified atom stereocenters. The number of fused-ring (bicyclic) bond motifs is 1. The number of ether oxygens (including phenoxy) is 2. The van der Waals surface area contributed by atoms with E-state index in [9.17, 15) is 32.3 Å². The van der Waals surface area contributed by atoms with Gasteiger partial charge in [-0.1, -0.05) is 17.8 Å². The van der Waals surface area contributed by atoms with Gasteiger partial charge in [0.25, 0.3) is 5.91 Å². The van der Waals surface area contributed by atoms with Crippen LogP contribution in [-0.4, -0.2) is 89.7 Å². The Morgan fingerprint density at radius 1 is 1.33 bits per heavy atom. The maximum Gasteiger partial charge on any atom is 0.442 e. The van der Waals surface area contributed by atoms with Crippen molar-refractivity contribution in [2.24, 2.45) is 0 Å². The number of nitrogens with zero attached hydrogens (tertiary/aromatic N) is 4. The number of hydrogen-bond donors (Lipinski definition) is 2. The molecule has 2 N–H and O–H groups in total. The molecule has 0 bridgehead atoms. The van der Waals surface area contributed by atoms with Crippen molar-refractivity contribution >= 4 is 70.4 Å². The van der Waals surface area contributed by atoms with Crippen molar-refractivity contribution in [2.75, 3.05) is 18.3 Å². The van der Waals surface area contributed by atoms with E-state index in [1.54, 1.807) is 24.4 Å². The van der Waals surface area contributed by atoms with E-state index >= 15 is 0 Å². The van der Waals surface area contributed by atoms with Crippen LogP contribution >= 0.6 is 46.6 Å². The fourth-order valence-corrected chi connectivity index (χ4v) is 7.06. The van der Waals surface area contributed by atoms with Crippen LogP contribution in [0.3, 0.4) is 0 Å². The number of β-lactam (4-membered cyclic amide) rings is 1. The summed E-state index contributed by atoms with van der Waals surface area (Å²) in [5, 5.41) is 16.7. The fraction of sp³-hybridized carbons (Fsp3) is 0.450. The Kier molecular flexibility index (Phi) is 9.44. The molecule has 1 fully saturated rings. The highest BCUT2D eigenvalue weighted by Crippen LogP contribution is 2.43. The zero-order chi connectivity index (χ0) is 28.2. The minimum Gasteiger partial charge on any atom is -0.428 e. The van der Waals surface area contributed by atoms with Gasteiger partial charge in [0.15, 0.2) is 0 Å². The standard InChI is InChI=1S/C20H19F3N6O6S4/c1-9(39-19-25-27-28-26-19)11-6-37-17-14(24-12(30)7-38-20(21,22)23)16(32)29(17)15(11)18(33)35-8-34-13(31)5-10-3-2-4-36-10/h2-4,9,14,17H,5-8H2,1H3,(H,24,30)(H,25,26,27,28)/t9?,14?,17-/m0/s1. The highest BCUT2D eigenvalue weighted by atomic mass is 32.2. The number of nitrogens with one attached hydrogen (secondary N) is 2. The van der Waals surface area contributed by atoms with Gasteiger partial charge in [-0.15, -0.1) is 28.2 Å². The zero-order valence-electron chi connectivity index (χ0n) is 19.8. The van der Waals surface area contributed by atoms with Crippen molar-refractivity contribution in [1.82, 2.24) is 30.8 Å². The summed E-state index contributed by atoms with van der Waals surface area (Å²) in [6, 6.07) is 2.41. The van der Waals surface area contributed by atoms with Crippen LogP contribution in [0.2, 0.25) is 0 Å². The lowest BCUT2D eigenvalue weighted by molar-refractivity contribution is -0.167. The molecule has 39 heavy (non-hydrogen) atoms. The molecule has 12 nitrogen and oxygen atoms in total. The van der Waals surface area contributed by atoms with E-state index in [4.69, 9.17) is 9.47 Å². The molecule has 2 aliphatic heterocycles. The first kappa shape index (κ1) is 29.2. The number of carbonyl (C=O) groups excluding carboxylic acids is 4. The summed E-state index contributed by atoms with van der Waals surface area (Å²) in [5.41, 5.74) is -4.19. The van der Waals surface area contributed by atoms with E-state index in [1.165, 1.54) is 34.9 Å². The lowest BCUT2D eigenvalue weighted by Gasteiger charge is -2.50. The SMILES string of the molecule is CC(Sc1nnn[nH]1)C1=C(C(=O)OCOC(=O)Cc2cccs2)N2C(=O)C(NC(=O)CSC(F)(F)F)[C@@H]2SC1. The van der Waals surface area contributed by atoms with Crippen molar-refractivity contribution in [3.63, 3.8) is 0 Å². The molecule has 2 aromatic heterocycles. The highest BCUT2D eigenvalue weighted by molar-refractivity contribution is 8.01. The molecule has 3 atom stereocenters. The summed E-state index contributed by atoms with van der Waals surface area (Å²) in [7, 11) is 0. The summed E-state index contributed by atoms with van der Waals surface area (Å²) in [6.45, 7) is 1.07. The van der Waals surface area contributed by atoms with Crippen LogP contribution in [0.1, 0.15) is 11.8 Å². The summed E-state index contributed by atoms with van der Waals surface area (Å²) in [6.07, 6.45) is -0.000612. The average molecular weight is 625 g/mol. The maximum absolute atomic E-state index is 13.1. The first-order valence-corrected chi connectivity index (χ1v) is 14.8. The van der Waals surface area contributed by atoms with Gasteiger partial charge in [0.2, 0.25) is 17.9 Å². The van der Waals surface area contributed by atoms with E-state index in [1.807, 2.05) is 0 Å². The van der Waals surface area contributed by atoms with E-state index in [-0.39, 0.29) is 17.9 Å². The second kappa shape index (κ2) is 12.6. The van der Waals surface area contributed by atoms with Crippen molar-refractivity contribution < 1.29 is 41.8 Å². The third-order valence-electron chi connectivity index (χ3n) is 5.29. The van der Waals surface area contributed by atoms with Crippen molar-refractivity contribution in [2.45, 2.75) is 40.7 Å². The van der Waals surface area contributed by atoms with Crippen LogP contribution < -0.4 is 5.32 Å². The van der Waals surface area contributed by atoms with Crippen molar-refractivity contribution in [1.29, 1.82) is 0 Å². The van der Waals surface area contributed by atoms with Crippen LogP contribution in [0.5, 0.6) is 0 Å². The van der Waals surface area contributed by atoms with Gasteiger partial charge in [0.1, 0.15) is 17.1 Å². The van der Waals surface area contributed by atoms with Crippen LogP contribution in [-0.2, 0) is 35.1 Å². The smallest absolute Gasteiger partial charge is 0.428 e. The average Bonchev–Trinajstić information content (AvgIpc) is 3.59. The molecule has 4 rings (SSSR count). The lowest BCUT2D eigenvalue weighted by atomic mass is 10.0. The quantitative estimate of drug-likeness (QED) is 0.162. The fourth-order valence-electron chi connectivity index (χ4n) is 3.57. The van der Waals surface area contributed by atoms with Crippen LogP contribution in [0.15, 0.2) is 33.9 Å². The third-order valence-corrected chi connectivity index (χ3v) is 9.23. The zero-order valence-corrected chi connectivity index (χ0v) is 23.1. The Balaban J connectivity index is 1.45. The number of halogens is 3. The molecule has 4 heterocycles. The Morgan fingerprint density at radius 3 is 2.79 bits per heavy atom. The molecule has 19 heteroatoms. The summed E-state index contributed by atoms with van der Waals surface area (Å²) < 4.78 is 47.5. The van der Waals surface area contributed by atoms with Gasteiger partial charge in [-0.05, 0) is 46.1 Å². The molecule has 2 aromatic rings. The van der Waals surface area contributed by atoms with Gasteiger partial charge in [-0.25, -0.2) is 9.89 Å². The van der Waals surface area contributed by atoms with Crippen LogP contribution in [0, 0.1) is 0 Å². The largest absolute Gasteiger partial charge is 0.442 e. The molecule has 0 aliphatic carbocycles. The Hall–Kier alpha value is -2.77. The number of hydrogen-bond acceptors (Lipinski definition) is 13. The highest BCUT2D eigenvalue weighted by Gasteiger charge is 2.55. The van der Waals surface area contributed by atoms with Gasteiger partial charge in [-0.3, -0.25) is 19.3 Å². The molecular formula is C20H19F3N6O6S4. The topological polar surface area (TPSA) is 156 Å². The number of tetrazole rings is 1. The molecule has 1 saturated heterocycles. The minimum atomic E-state index is -4.60. The first-order chi connectivity index (χ1) is 18.5. The molecule has 0 aromatic carbocycles. The van der Waals surface area contributed by atoms with Crippen LogP contribution in [0.4, 0.5) is 13.2 Å². The number of aromatic nitrogens is 4. The molecule has 2 aliphatic rings. The maximum atomic E-state index is 13.1. The van der Waals surface area contributed by atoms with E-state index in [0.29, 0.717) is 10.7 Å². The minimum absolute atomic E-state index is 0.000612. The number of thiophene rings is 1. The third kappa shape index (κ3) is 7.46.